The van der Waals surface area contributed by atoms with Crippen molar-refractivity contribution in [3.63, 3.8) is 0 Å². The number of hydrogen-bond acceptors (Lipinski definition) is 2. The van der Waals surface area contributed by atoms with Crippen molar-refractivity contribution in [3.05, 3.63) is 46.7 Å². The first-order valence-electron chi connectivity index (χ1n) is 6.28. The van der Waals surface area contributed by atoms with Crippen LogP contribution in [0.5, 0.6) is 0 Å². The van der Waals surface area contributed by atoms with Crippen LogP contribution in [-0.4, -0.2) is 12.6 Å². The Kier molecular flexibility index (Phi) is 3.85. The fraction of sp³-hybridized carbons (Fsp3) is 0.467. The summed E-state index contributed by atoms with van der Waals surface area (Å²) in [6.07, 6.45) is 4.92. The zero-order valence-corrected chi connectivity index (χ0v) is 10.7. The molecule has 2 N–H and O–H groups in total. The van der Waals surface area contributed by atoms with Gasteiger partial charge in [-0.05, 0) is 44.2 Å². The quantitative estimate of drug-likeness (QED) is 0.868. The zero-order chi connectivity index (χ0) is 12.3. The smallest absolute Gasteiger partial charge is 0.0876 e. The SMILES string of the molecule is Cc1cc(C)cc(CC(N)C2=COCCC2)c1. The summed E-state index contributed by atoms with van der Waals surface area (Å²) >= 11 is 0. The molecule has 0 aromatic heterocycles. The number of benzene rings is 1. The van der Waals surface area contributed by atoms with Gasteiger partial charge in [-0.3, -0.25) is 0 Å². The lowest BCUT2D eigenvalue weighted by Crippen LogP contribution is -2.27. The van der Waals surface area contributed by atoms with Gasteiger partial charge in [0.25, 0.3) is 0 Å². The van der Waals surface area contributed by atoms with Gasteiger partial charge in [-0.2, -0.15) is 0 Å². The summed E-state index contributed by atoms with van der Waals surface area (Å²) < 4.78 is 5.35. The van der Waals surface area contributed by atoms with Crippen molar-refractivity contribution in [1.82, 2.24) is 0 Å². The molecule has 0 radical (unpaired) electrons. The highest BCUT2D eigenvalue weighted by molar-refractivity contribution is 5.30. The minimum atomic E-state index is 0.0940. The van der Waals surface area contributed by atoms with E-state index in [1.807, 2.05) is 6.26 Å². The normalized spacial score (nSPS) is 17.2. The van der Waals surface area contributed by atoms with Crippen molar-refractivity contribution in [3.8, 4) is 0 Å². The molecule has 0 spiro atoms. The summed E-state index contributed by atoms with van der Waals surface area (Å²) in [4.78, 5) is 0. The van der Waals surface area contributed by atoms with Crippen LogP contribution in [0, 0.1) is 13.8 Å². The van der Waals surface area contributed by atoms with Gasteiger partial charge in [0.05, 0.1) is 12.9 Å². The van der Waals surface area contributed by atoms with Crippen molar-refractivity contribution >= 4 is 0 Å². The van der Waals surface area contributed by atoms with Crippen LogP contribution in [0.15, 0.2) is 30.0 Å². The molecule has 1 unspecified atom stereocenters. The summed E-state index contributed by atoms with van der Waals surface area (Å²) in [5, 5.41) is 0. The third-order valence-corrected chi connectivity index (χ3v) is 3.18. The zero-order valence-electron chi connectivity index (χ0n) is 10.7. The second-order valence-corrected chi connectivity index (χ2v) is 4.97. The molecule has 2 rings (SSSR count). The Morgan fingerprint density at radius 1 is 1.24 bits per heavy atom. The Balaban J connectivity index is 2.06. The van der Waals surface area contributed by atoms with E-state index >= 15 is 0 Å². The molecular weight excluding hydrogens is 210 g/mol. The van der Waals surface area contributed by atoms with E-state index in [0.29, 0.717) is 0 Å². The van der Waals surface area contributed by atoms with Crippen LogP contribution < -0.4 is 5.73 Å². The van der Waals surface area contributed by atoms with Crippen molar-refractivity contribution in [2.24, 2.45) is 5.73 Å². The van der Waals surface area contributed by atoms with Crippen LogP contribution in [0.2, 0.25) is 0 Å². The first-order chi connectivity index (χ1) is 8.15. The third-order valence-electron chi connectivity index (χ3n) is 3.18. The Hall–Kier alpha value is -1.28. The van der Waals surface area contributed by atoms with Crippen LogP contribution in [0.25, 0.3) is 0 Å². The molecule has 1 aromatic rings. The average molecular weight is 231 g/mol. The van der Waals surface area contributed by atoms with E-state index in [0.717, 1.165) is 25.9 Å². The summed E-state index contributed by atoms with van der Waals surface area (Å²) in [6, 6.07) is 6.73. The van der Waals surface area contributed by atoms with E-state index in [4.69, 9.17) is 10.5 Å². The highest BCUT2D eigenvalue weighted by atomic mass is 16.5. The van der Waals surface area contributed by atoms with Gasteiger partial charge in [0.15, 0.2) is 0 Å². The number of rotatable bonds is 3. The van der Waals surface area contributed by atoms with Crippen LogP contribution >= 0.6 is 0 Å². The second-order valence-electron chi connectivity index (χ2n) is 4.97. The molecule has 0 aliphatic carbocycles. The van der Waals surface area contributed by atoms with Crippen LogP contribution in [-0.2, 0) is 11.2 Å². The lowest BCUT2D eigenvalue weighted by molar-refractivity contribution is 0.221. The molecule has 1 atom stereocenters. The standard InChI is InChI=1S/C15H21NO/c1-11-6-12(2)8-13(7-11)9-15(16)14-4-3-5-17-10-14/h6-8,10,15H,3-5,9,16H2,1-2H3. The molecule has 1 aliphatic rings. The molecule has 0 saturated carbocycles. The van der Waals surface area contributed by atoms with Gasteiger partial charge in [0, 0.05) is 6.04 Å². The number of hydrogen-bond donors (Lipinski definition) is 1. The second kappa shape index (κ2) is 5.37. The molecule has 1 aromatic carbocycles. The number of ether oxygens (including phenoxy) is 1. The van der Waals surface area contributed by atoms with E-state index in [9.17, 15) is 0 Å². The summed E-state index contributed by atoms with van der Waals surface area (Å²) in [5.74, 6) is 0. The highest BCUT2D eigenvalue weighted by Gasteiger charge is 2.13. The predicted octanol–water partition coefficient (Wildman–Crippen LogP) is 2.87. The summed E-state index contributed by atoms with van der Waals surface area (Å²) in [5.41, 5.74) is 11.4. The maximum absolute atomic E-state index is 6.23. The van der Waals surface area contributed by atoms with Crippen molar-refractivity contribution in [2.45, 2.75) is 39.2 Å². The van der Waals surface area contributed by atoms with Crippen LogP contribution in [0.4, 0.5) is 0 Å². The Morgan fingerprint density at radius 2 is 1.94 bits per heavy atom. The minimum Gasteiger partial charge on any atom is -0.501 e. The average Bonchev–Trinajstić information content (AvgIpc) is 2.28. The fourth-order valence-corrected chi connectivity index (χ4v) is 2.43. The van der Waals surface area contributed by atoms with E-state index in [1.54, 1.807) is 0 Å². The van der Waals surface area contributed by atoms with Gasteiger partial charge in [-0.1, -0.05) is 29.3 Å². The van der Waals surface area contributed by atoms with Gasteiger partial charge in [-0.25, -0.2) is 0 Å². The van der Waals surface area contributed by atoms with Crippen LogP contribution in [0.3, 0.4) is 0 Å². The molecule has 92 valence electrons. The van der Waals surface area contributed by atoms with E-state index in [-0.39, 0.29) is 6.04 Å². The lowest BCUT2D eigenvalue weighted by Gasteiger charge is -2.20. The first kappa shape index (κ1) is 12.2. The molecule has 1 aliphatic heterocycles. The molecular formula is C15H21NO. The van der Waals surface area contributed by atoms with Gasteiger partial charge < -0.3 is 10.5 Å². The number of aryl methyl sites for hydroxylation is 2. The molecule has 2 nitrogen and oxygen atoms in total. The lowest BCUT2D eigenvalue weighted by atomic mass is 9.95. The molecule has 0 saturated heterocycles. The van der Waals surface area contributed by atoms with E-state index < -0.39 is 0 Å². The number of nitrogens with two attached hydrogens (primary N) is 1. The highest BCUT2D eigenvalue weighted by Crippen LogP contribution is 2.18. The molecule has 0 fully saturated rings. The van der Waals surface area contributed by atoms with Crippen LogP contribution in [0.1, 0.15) is 29.5 Å². The monoisotopic (exact) mass is 231 g/mol. The Morgan fingerprint density at radius 3 is 2.53 bits per heavy atom. The maximum Gasteiger partial charge on any atom is 0.0876 e. The van der Waals surface area contributed by atoms with Gasteiger partial charge in [-0.15, -0.1) is 0 Å². The first-order valence-corrected chi connectivity index (χ1v) is 6.28. The molecule has 0 amide bonds. The summed E-state index contributed by atoms with van der Waals surface area (Å²) in [6.45, 7) is 5.09. The van der Waals surface area contributed by atoms with Crippen molar-refractivity contribution in [2.75, 3.05) is 6.61 Å². The van der Waals surface area contributed by atoms with Gasteiger partial charge in [0.2, 0.25) is 0 Å². The molecule has 0 bridgehead atoms. The third kappa shape index (κ3) is 3.34. The largest absolute Gasteiger partial charge is 0.501 e. The minimum absolute atomic E-state index is 0.0940. The molecule has 1 heterocycles. The van der Waals surface area contributed by atoms with Gasteiger partial charge in [0.1, 0.15) is 0 Å². The van der Waals surface area contributed by atoms with Crippen molar-refractivity contribution < 1.29 is 4.74 Å². The van der Waals surface area contributed by atoms with Gasteiger partial charge >= 0.3 is 0 Å². The Bertz CT molecular complexity index is 403. The topological polar surface area (TPSA) is 35.2 Å². The Labute approximate surface area is 103 Å². The van der Waals surface area contributed by atoms with E-state index in [2.05, 4.69) is 32.0 Å². The maximum atomic E-state index is 6.23. The molecule has 2 heteroatoms. The molecule has 17 heavy (non-hydrogen) atoms. The fourth-order valence-electron chi connectivity index (χ4n) is 2.43. The predicted molar refractivity (Wildman–Crippen MR) is 70.9 cm³/mol. The van der Waals surface area contributed by atoms with E-state index in [1.165, 1.54) is 22.3 Å². The summed E-state index contributed by atoms with van der Waals surface area (Å²) in [7, 11) is 0. The van der Waals surface area contributed by atoms with Crippen molar-refractivity contribution in [1.29, 1.82) is 0 Å².